The summed E-state index contributed by atoms with van der Waals surface area (Å²) in [4.78, 5) is 23.1. The Morgan fingerprint density at radius 1 is 1.31 bits per heavy atom. The molecule has 8 nitrogen and oxygen atoms in total. The number of benzene rings is 1. The molecule has 0 saturated carbocycles. The van der Waals surface area contributed by atoms with E-state index in [1.807, 2.05) is 4.90 Å². The van der Waals surface area contributed by atoms with Crippen LogP contribution in [-0.4, -0.2) is 57.8 Å². The maximum Gasteiger partial charge on any atom is 0.406 e. The van der Waals surface area contributed by atoms with Crippen LogP contribution in [0.1, 0.15) is 23.2 Å². The molecule has 4 aromatic rings. The summed E-state index contributed by atoms with van der Waals surface area (Å²) in [5, 5.41) is 0.571. The summed E-state index contributed by atoms with van der Waals surface area (Å²) >= 11 is 0. The Morgan fingerprint density at radius 3 is 2.80 bits per heavy atom. The highest BCUT2D eigenvalue weighted by atomic mass is 19.4. The van der Waals surface area contributed by atoms with Gasteiger partial charge in [-0.1, -0.05) is 0 Å². The first-order valence-corrected chi connectivity index (χ1v) is 11.3. The van der Waals surface area contributed by atoms with Crippen LogP contribution >= 0.6 is 0 Å². The largest absolute Gasteiger partial charge is 0.494 e. The van der Waals surface area contributed by atoms with Gasteiger partial charge in [-0.05, 0) is 37.1 Å². The minimum absolute atomic E-state index is 0.0519. The average Bonchev–Trinajstić information content (AvgIpc) is 3.34. The van der Waals surface area contributed by atoms with Gasteiger partial charge in [-0.15, -0.1) is 0 Å². The van der Waals surface area contributed by atoms with Crippen molar-refractivity contribution < 1.29 is 22.7 Å². The van der Waals surface area contributed by atoms with Crippen LogP contribution in [0.2, 0.25) is 0 Å². The predicted molar refractivity (Wildman–Crippen MR) is 127 cm³/mol. The van der Waals surface area contributed by atoms with Crippen LogP contribution in [0, 0.1) is 0 Å². The smallest absolute Gasteiger partial charge is 0.406 e. The molecule has 4 heterocycles. The molecule has 2 N–H and O–H groups in total. The van der Waals surface area contributed by atoms with E-state index in [-0.39, 0.29) is 17.4 Å². The van der Waals surface area contributed by atoms with Gasteiger partial charge in [0.25, 0.3) is 0 Å². The van der Waals surface area contributed by atoms with E-state index in [9.17, 15) is 18.0 Å². The van der Waals surface area contributed by atoms with E-state index in [4.69, 9.17) is 15.5 Å². The number of aldehydes is 1. The number of halogens is 3. The number of alkyl halides is 3. The van der Waals surface area contributed by atoms with E-state index in [2.05, 4.69) is 4.98 Å². The molecule has 0 amide bonds. The lowest BCUT2D eigenvalue weighted by Crippen LogP contribution is -2.43. The number of piperidine rings is 1. The van der Waals surface area contributed by atoms with E-state index < -0.39 is 12.7 Å². The monoisotopic (exact) mass is 486 g/mol. The van der Waals surface area contributed by atoms with Gasteiger partial charge in [-0.3, -0.25) is 4.79 Å². The van der Waals surface area contributed by atoms with Crippen LogP contribution in [0.25, 0.3) is 33.6 Å². The number of anilines is 1. The van der Waals surface area contributed by atoms with Gasteiger partial charge in [0.05, 0.1) is 18.5 Å². The van der Waals surface area contributed by atoms with E-state index in [1.54, 1.807) is 35.9 Å². The standard InChI is InChI=1S/C24H25F3N6O2/c1-31-21-18(35-2)10-15(12-34)20(32-8-4-6-16(28)11-32)19(21)30-23(31)17-9-14-5-3-7-29-22(14)33(17)13-24(25,26)27/h3,5,7,9-10,12,16H,4,6,8,11,13,28H2,1-2H3/t16-/m1/s1. The zero-order valence-electron chi connectivity index (χ0n) is 19.3. The molecular weight excluding hydrogens is 461 g/mol. The van der Waals surface area contributed by atoms with Crippen molar-refractivity contribution in [3.05, 3.63) is 36.0 Å². The highest BCUT2D eigenvalue weighted by Gasteiger charge is 2.32. The summed E-state index contributed by atoms with van der Waals surface area (Å²) < 4.78 is 49.1. The normalized spacial score (nSPS) is 16.9. The fourth-order valence-electron chi connectivity index (χ4n) is 4.99. The molecule has 0 aliphatic carbocycles. The average molecular weight is 486 g/mol. The molecule has 0 radical (unpaired) electrons. The molecule has 5 rings (SSSR count). The van der Waals surface area contributed by atoms with E-state index in [0.29, 0.717) is 52.3 Å². The summed E-state index contributed by atoms with van der Waals surface area (Å²) in [6.07, 6.45) is -0.510. The molecule has 1 saturated heterocycles. The van der Waals surface area contributed by atoms with Crippen LogP contribution in [-0.2, 0) is 13.6 Å². The SMILES string of the molecule is COc1cc(C=O)c(N2CCC[C@@H](N)C2)c2nc(-c3cc4cccnc4n3CC(F)(F)F)n(C)c12. The molecular formula is C24H25F3N6O2. The first-order valence-electron chi connectivity index (χ1n) is 11.3. The molecule has 3 aromatic heterocycles. The summed E-state index contributed by atoms with van der Waals surface area (Å²) in [6, 6.07) is 6.63. The lowest BCUT2D eigenvalue weighted by molar-refractivity contribution is -0.139. The zero-order chi connectivity index (χ0) is 24.9. The van der Waals surface area contributed by atoms with Crippen LogP contribution in [0.5, 0.6) is 5.75 Å². The van der Waals surface area contributed by atoms with Crippen LogP contribution < -0.4 is 15.4 Å². The summed E-state index contributed by atoms with van der Waals surface area (Å²) in [5.41, 5.74) is 8.76. The van der Waals surface area contributed by atoms with Crippen molar-refractivity contribution in [3.63, 3.8) is 0 Å². The van der Waals surface area contributed by atoms with Crippen molar-refractivity contribution in [2.24, 2.45) is 12.8 Å². The van der Waals surface area contributed by atoms with Crippen molar-refractivity contribution in [1.82, 2.24) is 19.1 Å². The van der Waals surface area contributed by atoms with Crippen LogP contribution in [0.3, 0.4) is 0 Å². The number of carbonyl (C=O) groups is 1. The van der Waals surface area contributed by atoms with Gasteiger partial charge in [0, 0.05) is 43.3 Å². The quantitative estimate of drug-likeness (QED) is 0.431. The number of nitrogens with two attached hydrogens (primary N) is 1. The number of aryl methyl sites for hydroxylation is 1. The Bertz CT molecular complexity index is 1420. The fraction of sp³-hybridized carbons (Fsp3) is 0.375. The van der Waals surface area contributed by atoms with Gasteiger partial charge in [-0.25, -0.2) is 9.97 Å². The summed E-state index contributed by atoms with van der Waals surface area (Å²) in [5.74, 6) is 0.719. The second kappa shape index (κ2) is 8.56. The van der Waals surface area contributed by atoms with E-state index in [0.717, 1.165) is 23.7 Å². The molecule has 1 fully saturated rings. The maximum absolute atomic E-state index is 13.6. The molecule has 184 valence electrons. The number of pyridine rings is 1. The van der Waals surface area contributed by atoms with Crippen molar-refractivity contribution in [1.29, 1.82) is 0 Å². The summed E-state index contributed by atoms with van der Waals surface area (Å²) in [6.45, 7) is 0.0309. The fourth-order valence-corrected chi connectivity index (χ4v) is 4.99. The molecule has 1 aliphatic rings. The number of fused-ring (bicyclic) bond motifs is 2. The van der Waals surface area contributed by atoms with E-state index >= 15 is 0 Å². The molecule has 11 heteroatoms. The van der Waals surface area contributed by atoms with Gasteiger partial charge < -0.3 is 24.5 Å². The van der Waals surface area contributed by atoms with Crippen molar-refractivity contribution in [2.75, 3.05) is 25.1 Å². The van der Waals surface area contributed by atoms with E-state index in [1.165, 1.54) is 13.3 Å². The molecule has 0 bridgehead atoms. The Hall–Kier alpha value is -3.60. The van der Waals surface area contributed by atoms with Gasteiger partial charge in [-0.2, -0.15) is 13.2 Å². The first-order chi connectivity index (χ1) is 16.7. The zero-order valence-corrected chi connectivity index (χ0v) is 19.3. The molecule has 0 unspecified atom stereocenters. The lowest BCUT2D eigenvalue weighted by atomic mass is 10.0. The number of ether oxygens (including phenoxy) is 1. The summed E-state index contributed by atoms with van der Waals surface area (Å²) in [7, 11) is 3.21. The number of methoxy groups -OCH3 is 1. The number of carbonyl (C=O) groups excluding carboxylic acids is 1. The second-order valence-corrected chi connectivity index (χ2v) is 8.82. The number of nitrogens with zero attached hydrogens (tertiary/aromatic N) is 5. The van der Waals surface area contributed by atoms with Gasteiger partial charge >= 0.3 is 6.18 Å². The molecule has 35 heavy (non-hydrogen) atoms. The van der Waals surface area contributed by atoms with Crippen molar-refractivity contribution in [3.8, 4) is 17.3 Å². The molecule has 1 aliphatic heterocycles. The number of aromatic nitrogens is 4. The highest BCUT2D eigenvalue weighted by Crippen LogP contribution is 2.40. The Balaban J connectivity index is 1.80. The lowest BCUT2D eigenvalue weighted by Gasteiger charge is -2.33. The number of hydrogen-bond donors (Lipinski definition) is 1. The Morgan fingerprint density at radius 2 is 2.11 bits per heavy atom. The van der Waals surface area contributed by atoms with Crippen LogP contribution in [0.4, 0.5) is 18.9 Å². The molecule has 1 aromatic carbocycles. The second-order valence-electron chi connectivity index (χ2n) is 8.82. The molecule has 0 spiro atoms. The van der Waals surface area contributed by atoms with Crippen molar-refractivity contribution >= 4 is 34.0 Å². The minimum atomic E-state index is -4.46. The molecule has 1 atom stereocenters. The number of hydrogen-bond acceptors (Lipinski definition) is 6. The minimum Gasteiger partial charge on any atom is -0.494 e. The van der Waals surface area contributed by atoms with Crippen molar-refractivity contribution in [2.45, 2.75) is 31.6 Å². The van der Waals surface area contributed by atoms with Gasteiger partial charge in [0.2, 0.25) is 0 Å². The third kappa shape index (κ3) is 3.99. The van der Waals surface area contributed by atoms with Crippen LogP contribution in [0.15, 0.2) is 30.5 Å². The number of rotatable bonds is 5. The maximum atomic E-state index is 13.6. The Labute approximate surface area is 199 Å². The first kappa shape index (κ1) is 23.2. The number of imidazole rings is 1. The third-order valence-corrected chi connectivity index (χ3v) is 6.46. The predicted octanol–water partition coefficient (Wildman–Crippen LogP) is 3.90. The Kier molecular flexibility index (Phi) is 5.66. The highest BCUT2D eigenvalue weighted by molar-refractivity contribution is 6.04. The topological polar surface area (TPSA) is 91.2 Å². The van der Waals surface area contributed by atoms with Gasteiger partial charge in [0.1, 0.15) is 29.0 Å². The van der Waals surface area contributed by atoms with Gasteiger partial charge in [0.15, 0.2) is 12.1 Å². The third-order valence-electron chi connectivity index (χ3n) is 6.46.